The number of hydrogen-bond acceptors (Lipinski definition) is 3. The van der Waals surface area contributed by atoms with Gasteiger partial charge in [0.05, 0.1) is 5.92 Å². The Balaban J connectivity index is 1.37. The predicted octanol–water partition coefficient (Wildman–Crippen LogP) is 3.09. The zero-order chi connectivity index (χ0) is 16.5. The molecule has 2 saturated heterocycles. The van der Waals surface area contributed by atoms with E-state index in [0.29, 0.717) is 10.9 Å². The van der Waals surface area contributed by atoms with Crippen LogP contribution in [0.1, 0.15) is 37.2 Å². The molecule has 0 aliphatic carbocycles. The molecule has 4 rings (SSSR count). The lowest BCUT2D eigenvalue weighted by atomic mass is 9.80. The SMILES string of the molecule is O=C1Nc2cc(Cl)ccc2C1C1CCN(CC2CCCNC2)CC1. The zero-order valence-electron chi connectivity index (χ0n) is 14.1. The minimum atomic E-state index is 0.00997. The fraction of sp³-hybridized carbons (Fsp3) is 0.632. The number of rotatable bonds is 3. The van der Waals surface area contributed by atoms with Gasteiger partial charge in [0.15, 0.2) is 0 Å². The Hall–Kier alpha value is -1.10. The summed E-state index contributed by atoms with van der Waals surface area (Å²) in [6.07, 6.45) is 4.88. The fourth-order valence-corrected chi connectivity index (χ4v) is 4.81. The van der Waals surface area contributed by atoms with Crippen molar-refractivity contribution in [1.29, 1.82) is 0 Å². The molecule has 24 heavy (non-hydrogen) atoms. The molecule has 130 valence electrons. The number of piperidine rings is 2. The molecule has 5 heteroatoms. The number of fused-ring (bicyclic) bond motifs is 1. The number of likely N-dealkylation sites (tertiary alicyclic amines) is 1. The molecule has 3 aliphatic rings. The van der Waals surface area contributed by atoms with E-state index >= 15 is 0 Å². The molecular weight excluding hydrogens is 322 g/mol. The van der Waals surface area contributed by atoms with Gasteiger partial charge in [0.25, 0.3) is 0 Å². The lowest BCUT2D eigenvalue weighted by Gasteiger charge is -2.37. The molecule has 2 unspecified atom stereocenters. The van der Waals surface area contributed by atoms with Gasteiger partial charge in [-0.15, -0.1) is 0 Å². The molecule has 3 heterocycles. The van der Waals surface area contributed by atoms with Crippen LogP contribution in [0, 0.1) is 11.8 Å². The maximum Gasteiger partial charge on any atom is 0.232 e. The molecular formula is C19H26ClN3O. The van der Waals surface area contributed by atoms with E-state index < -0.39 is 0 Å². The van der Waals surface area contributed by atoms with Crippen molar-refractivity contribution in [3.63, 3.8) is 0 Å². The van der Waals surface area contributed by atoms with E-state index in [4.69, 9.17) is 11.6 Å². The summed E-state index contributed by atoms with van der Waals surface area (Å²) in [4.78, 5) is 15.1. The molecule has 3 aliphatic heterocycles. The minimum absolute atomic E-state index is 0.00997. The Morgan fingerprint density at radius 1 is 1.21 bits per heavy atom. The standard InChI is InChI=1S/C19H26ClN3O/c20-15-3-4-16-17(10-15)22-19(24)18(16)14-5-8-23(9-6-14)12-13-2-1-7-21-11-13/h3-4,10,13-14,18,21H,1-2,5-9,11-12H2,(H,22,24). The van der Waals surface area contributed by atoms with Gasteiger partial charge in [-0.2, -0.15) is 0 Å². The second-order valence-electron chi connectivity index (χ2n) is 7.55. The summed E-state index contributed by atoms with van der Waals surface area (Å²) < 4.78 is 0. The first-order valence-corrected chi connectivity index (χ1v) is 9.62. The van der Waals surface area contributed by atoms with Crippen LogP contribution in [0.15, 0.2) is 18.2 Å². The van der Waals surface area contributed by atoms with E-state index in [1.807, 2.05) is 18.2 Å². The average molecular weight is 348 g/mol. The molecule has 0 bridgehead atoms. The second kappa shape index (κ2) is 7.03. The quantitative estimate of drug-likeness (QED) is 0.883. The van der Waals surface area contributed by atoms with Crippen molar-refractivity contribution in [1.82, 2.24) is 10.2 Å². The summed E-state index contributed by atoms with van der Waals surface area (Å²) in [5.41, 5.74) is 2.05. The smallest absolute Gasteiger partial charge is 0.232 e. The summed E-state index contributed by atoms with van der Waals surface area (Å²) in [7, 11) is 0. The lowest BCUT2D eigenvalue weighted by Crippen LogP contribution is -2.42. The van der Waals surface area contributed by atoms with Crippen molar-refractivity contribution in [2.75, 3.05) is 38.0 Å². The largest absolute Gasteiger partial charge is 0.325 e. The number of nitrogens with zero attached hydrogens (tertiary/aromatic N) is 1. The number of amides is 1. The third-order valence-electron chi connectivity index (χ3n) is 5.91. The first-order valence-electron chi connectivity index (χ1n) is 9.24. The highest BCUT2D eigenvalue weighted by Gasteiger charge is 2.38. The number of carbonyl (C=O) groups is 1. The molecule has 1 aromatic carbocycles. The number of halogens is 1. The number of hydrogen-bond donors (Lipinski definition) is 2. The van der Waals surface area contributed by atoms with Gasteiger partial charge in [-0.1, -0.05) is 17.7 Å². The summed E-state index contributed by atoms with van der Waals surface area (Å²) in [5, 5.41) is 7.21. The Bertz CT molecular complexity index is 607. The van der Waals surface area contributed by atoms with Crippen LogP contribution in [0.5, 0.6) is 0 Å². The van der Waals surface area contributed by atoms with E-state index in [-0.39, 0.29) is 11.8 Å². The van der Waals surface area contributed by atoms with Gasteiger partial charge in [0.1, 0.15) is 0 Å². The normalized spacial score (nSPS) is 28.6. The van der Waals surface area contributed by atoms with Crippen LogP contribution in [-0.4, -0.2) is 43.5 Å². The van der Waals surface area contributed by atoms with Gasteiger partial charge in [-0.25, -0.2) is 0 Å². The minimum Gasteiger partial charge on any atom is -0.325 e. The van der Waals surface area contributed by atoms with Crippen LogP contribution in [0.3, 0.4) is 0 Å². The highest BCUT2D eigenvalue weighted by atomic mass is 35.5. The highest BCUT2D eigenvalue weighted by Crippen LogP contribution is 2.42. The molecule has 0 saturated carbocycles. The molecule has 1 amide bonds. The first kappa shape index (κ1) is 16.4. The van der Waals surface area contributed by atoms with E-state index in [9.17, 15) is 4.79 Å². The Morgan fingerprint density at radius 3 is 2.79 bits per heavy atom. The third-order valence-corrected chi connectivity index (χ3v) is 6.14. The Labute approximate surface area is 148 Å². The van der Waals surface area contributed by atoms with Crippen molar-refractivity contribution in [3.05, 3.63) is 28.8 Å². The summed E-state index contributed by atoms with van der Waals surface area (Å²) >= 11 is 6.05. The average Bonchev–Trinajstić information content (AvgIpc) is 2.91. The first-order chi connectivity index (χ1) is 11.7. The van der Waals surface area contributed by atoms with Crippen molar-refractivity contribution in [3.8, 4) is 0 Å². The topological polar surface area (TPSA) is 44.4 Å². The van der Waals surface area contributed by atoms with Crippen LogP contribution in [0.25, 0.3) is 0 Å². The third kappa shape index (κ3) is 3.32. The molecule has 2 atom stereocenters. The van der Waals surface area contributed by atoms with Gasteiger partial charge < -0.3 is 15.5 Å². The number of benzene rings is 1. The van der Waals surface area contributed by atoms with Crippen molar-refractivity contribution >= 4 is 23.2 Å². The molecule has 0 radical (unpaired) electrons. The number of anilines is 1. The predicted molar refractivity (Wildman–Crippen MR) is 97.6 cm³/mol. The monoisotopic (exact) mass is 347 g/mol. The van der Waals surface area contributed by atoms with E-state index in [0.717, 1.165) is 43.1 Å². The van der Waals surface area contributed by atoms with E-state index in [2.05, 4.69) is 15.5 Å². The van der Waals surface area contributed by atoms with Crippen LogP contribution < -0.4 is 10.6 Å². The molecule has 0 aromatic heterocycles. The Morgan fingerprint density at radius 2 is 2.04 bits per heavy atom. The van der Waals surface area contributed by atoms with Crippen LogP contribution >= 0.6 is 11.6 Å². The number of carbonyl (C=O) groups excluding carboxylic acids is 1. The molecule has 4 nitrogen and oxygen atoms in total. The van der Waals surface area contributed by atoms with Gasteiger partial charge >= 0.3 is 0 Å². The summed E-state index contributed by atoms with van der Waals surface area (Å²) in [5.74, 6) is 1.42. The highest BCUT2D eigenvalue weighted by molar-refractivity contribution is 6.31. The van der Waals surface area contributed by atoms with Gasteiger partial charge in [0.2, 0.25) is 5.91 Å². The maximum atomic E-state index is 12.5. The van der Waals surface area contributed by atoms with Crippen LogP contribution in [0.2, 0.25) is 5.02 Å². The van der Waals surface area contributed by atoms with E-state index in [1.54, 1.807) is 0 Å². The second-order valence-corrected chi connectivity index (χ2v) is 7.99. The molecule has 0 spiro atoms. The molecule has 2 N–H and O–H groups in total. The Kier molecular flexibility index (Phi) is 4.79. The summed E-state index contributed by atoms with van der Waals surface area (Å²) in [6.45, 7) is 5.79. The van der Waals surface area contributed by atoms with Crippen LogP contribution in [-0.2, 0) is 4.79 Å². The lowest BCUT2D eigenvalue weighted by molar-refractivity contribution is -0.118. The van der Waals surface area contributed by atoms with Crippen molar-refractivity contribution in [2.45, 2.75) is 31.6 Å². The van der Waals surface area contributed by atoms with E-state index in [1.165, 1.54) is 32.5 Å². The van der Waals surface area contributed by atoms with Crippen LogP contribution in [0.4, 0.5) is 5.69 Å². The zero-order valence-corrected chi connectivity index (χ0v) is 14.8. The van der Waals surface area contributed by atoms with Crippen molar-refractivity contribution in [2.24, 2.45) is 11.8 Å². The number of nitrogens with one attached hydrogen (secondary N) is 2. The molecule has 1 aromatic rings. The molecule has 2 fully saturated rings. The fourth-order valence-electron chi connectivity index (χ4n) is 4.64. The summed E-state index contributed by atoms with van der Waals surface area (Å²) in [6, 6.07) is 5.80. The van der Waals surface area contributed by atoms with Crippen molar-refractivity contribution < 1.29 is 4.79 Å². The van der Waals surface area contributed by atoms with Gasteiger partial charge in [-0.3, -0.25) is 4.79 Å². The maximum absolute atomic E-state index is 12.5. The van der Waals surface area contributed by atoms with Gasteiger partial charge in [0, 0.05) is 17.3 Å². The van der Waals surface area contributed by atoms with Gasteiger partial charge in [-0.05, 0) is 81.4 Å².